The lowest BCUT2D eigenvalue weighted by molar-refractivity contribution is -0.139. The summed E-state index contributed by atoms with van der Waals surface area (Å²) in [5.74, 6) is -7.74. The van der Waals surface area contributed by atoms with Crippen LogP contribution in [0.5, 0.6) is 0 Å². The molecule has 4 nitrogen and oxygen atoms in total. The Hall–Kier alpha value is -1.54. The number of hydrogen-bond donors (Lipinski definition) is 1. The summed E-state index contributed by atoms with van der Waals surface area (Å²) in [5.41, 5.74) is -1.00. The zero-order chi connectivity index (χ0) is 29.2. The summed E-state index contributed by atoms with van der Waals surface area (Å²) in [7, 11) is -4.57. The molecule has 2 unspecified atom stereocenters. The average molecular weight is 694 g/mol. The molecule has 2 atom stereocenters. The Bertz CT molecular complexity index is 1330. The van der Waals surface area contributed by atoms with Crippen LogP contribution in [0.4, 0.5) is 30.7 Å². The molecule has 0 aliphatic carbocycles. The second-order valence-electron chi connectivity index (χ2n) is 8.07. The van der Waals surface area contributed by atoms with Crippen molar-refractivity contribution in [2.75, 3.05) is 11.5 Å². The van der Waals surface area contributed by atoms with Gasteiger partial charge in [-0.05, 0) is 58.8 Å². The van der Waals surface area contributed by atoms with Crippen molar-refractivity contribution in [3.63, 3.8) is 0 Å². The van der Waals surface area contributed by atoms with E-state index >= 15 is 0 Å². The van der Waals surface area contributed by atoms with Gasteiger partial charge in [0.2, 0.25) is 0 Å². The highest BCUT2D eigenvalue weighted by atomic mass is 79.9. The van der Waals surface area contributed by atoms with Crippen LogP contribution < -0.4 is 5.32 Å². The number of sulfone groups is 1. The Balaban J connectivity index is 2.28. The Morgan fingerprint density at radius 3 is 2.08 bits per heavy atom. The van der Waals surface area contributed by atoms with Crippen LogP contribution >= 0.6 is 50.7 Å². The predicted molar refractivity (Wildman–Crippen MR) is 135 cm³/mol. The number of nitrogens with one attached hydrogen (secondary N) is 1. The summed E-state index contributed by atoms with van der Waals surface area (Å²) < 4.78 is 116. The van der Waals surface area contributed by atoms with Gasteiger partial charge in [0.15, 0.2) is 9.84 Å². The van der Waals surface area contributed by atoms with Crippen molar-refractivity contribution >= 4 is 72.3 Å². The van der Waals surface area contributed by atoms with Gasteiger partial charge in [0.25, 0.3) is 5.91 Å². The zero-order valence-electron chi connectivity index (χ0n) is 18.8. The van der Waals surface area contributed by atoms with Crippen molar-refractivity contribution in [1.82, 2.24) is 5.32 Å². The number of halogens is 11. The van der Waals surface area contributed by atoms with E-state index in [1.54, 1.807) is 0 Å². The van der Waals surface area contributed by atoms with Crippen LogP contribution in [-0.4, -0.2) is 44.2 Å². The highest BCUT2D eigenvalue weighted by Crippen LogP contribution is 2.42. The normalized spacial score (nSPS) is 14.8. The van der Waals surface area contributed by atoms with Gasteiger partial charge in [0.1, 0.15) is 17.5 Å². The number of hydrogen-bond acceptors (Lipinski definition) is 3. The number of allylic oxidation sites excluding steroid dienone is 1. The molecule has 0 aliphatic heterocycles. The van der Waals surface area contributed by atoms with Crippen molar-refractivity contribution in [1.29, 1.82) is 0 Å². The number of alkyl halides is 6. The SMILES string of the molecule is CC(CS(=O)(=O)CC(F)(F)F)NC(=O)c1ccc(/C(F)=C/C(c2cc(Cl)c(Cl)c(Cl)c2)C(F)(F)F)cc1Br. The van der Waals surface area contributed by atoms with Crippen LogP contribution in [-0.2, 0) is 9.84 Å². The van der Waals surface area contributed by atoms with E-state index in [0.717, 1.165) is 30.3 Å². The zero-order valence-corrected chi connectivity index (χ0v) is 23.5. The first kappa shape index (κ1) is 32.7. The second kappa shape index (κ2) is 12.3. The molecule has 38 heavy (non-hydrogen) atoms. The molecule has 0 heterocycles. The van der Waals surface area contributed by atoms with Gasteiger partial charge < -0.3 is 5.32 Å². The predicted octanol–water partition coefficient (Wildman–Crippen LogP) is 8.16. The smallest absolute Gasteiger partial charge is 0.349 e. The van der Waals surface area contributed by atoms with E-state index in [-0.39, 0.29) is 36.7 Å². The van der Waals surface area contributed by atoms with E-state index < -0.39 is 63.0 Å². The molecule has 0 saturated carbocycles. The molecule has 1 N–H and O–H groups in total. The molecular weight excluding hydrogens is 678 g/mol. The molecule has 16 heteroatoms. The van der Waals surface area contributed by atoms with Crippen LogP contribution in [0, 0.1) is 0 Å². The van der Waals surface area contributed by atoms with Gasteiger partial charge in [-0.15, -0.1) is 0 Å². The van der Waals surface area contributed by atoms with Crippen molar-refractivity contribution in [3.05, 3.63) is 72.6 Å². The van der Waals surface area contributed by atoms with Gasteiger partial charge >= 0.3 is 12.4 Å². The van der Waals surface area contributed by atoms with E-state index in [0.29, 0.717) is 0 Å². The van der Waals surface area contributed by atoms with Crippen LogP contribution in [0.15, 0.2) is 40.9 Å². The summed E-state index contributed by atoms with van der Waals surface area (Å²) in [5, 5.41) is 1.50. The van der Waals surface area contributed by atoms with Gasteiger partial charge in [-0.25, -0.2) is 12.8 Å². The Kier molecular flexibility index (Phi) is 10.6. The minimum atomic E-state index is -4.95. The molecule has 2 rings (SSSR count). The number of amides is 1. The Morgan fingerprint density at radius 2 is 1.61 bits per heavy atom. The molecule has 0 saturated heterocycles. The standard InChI is InChI=1S/C22H16BrCl3F7NO3S/c1-10(8-38(36,37)9-21(28,29)30)34-20(35)13-3-2-11(4-15(13)23)18(27)7-14(22(31,32)33)12-5-16(24)19(26)17(25)6-12/h2-7,10,14H,8-9H2,1H3,(H,34,35)/b18-7-. The van der Waals surface area contributed by atoms with E-state index in [1.807, 2.05) is 0 Å². The summed E-state index contributed by atoms with van der Waals surface area (Å²) in [6.07, 6.45) is -9.61. The molecule has 0 spiro atoms. The molecule has 2 aromatic carbocycles. The maximum atomic E-state index is 14.9. The minimum Gasteiger partial charge on any atom is -0.349 e. The molecule has 0 fully saturated rings. The lowest BCUT2D eigenvalue weighted by atomic mass is 9.96. The third-order valence-electron chi connectivity index (χ3n) is 4.79. The highest BCUT2D eigenvalue weighted by Gasteiger charge is 2.40. The molecular formula is C22H16BrCl3F7NO3S. The minimum absolute atomic E-state index is 0.0810. The van der Waals surface area contributed by atoms with Crippen molar-refractivity contribution in [2.45, 2.75) is 31.2 Å². The highest BCUT2D eigenvalue weighted by molar-refractivity contribution is 9.10. The largest absolute Gasteiger partial charge is 0.402 e. The summed E-state index contributed by atoms with van der Waals surface area (Å²) >= 11 is 20.4. The lowest BCUT2D eigenvalue weighted by Gasteiger charge is -2.19. The van der Waals surface area contributed by atoms with Gasteiger partial charge in [0, 0.05) is 16.1 Å². The van der Waals surface area contributed by atoms with Gasteiger partial charge in [-0.1, -0.05) is 40.9 Å². The quantitative estimate of drug-likeness (QED) is 0.224. The topological polar surface area (TPSA) is 63.2 Å². The first-order valence-corrected chi connectivity index (χ1v) is 13.9. The van der Waals surface area contributed by atoms with Gasteiger partial charge in [-0.2, -0.15) is 26.3 Å². The van der Waals surface area contributed by atoms with Crippen LogP contribution in [0.25, 0.3) is 5.83 Å². The molecule has 210 valence electrons. The van der Waals surface area contributed by atoms with Crippen LogP contribution in [0.2, 0.25) is 15.1 Å². The second-order valence-corrected chi connectivity index (χ2v) is 12.2. The van der Waals surface area contributed by atoms with Crippen LogP contribution in [0.3, 0.4) is 0 Å². The fraction of sp³-hybridized carbons (Fsp3) is 0.318. The average Bonchev–Trinajstić information content (AvgIpc) is 2.71. The number of carbonyl (C=O) groups is 1. The monoisotopic (exact) mass is 691 g/mol. The Morgan fingerprint density at radius 1 is 1.05 bits per heavy atom. The summed E-state index contributed by atoms with van der Waals surface area (Å²) in [6.45, 7) is 1.17. The molecule has 2 aromatic rings. The first-order valence-electron chi connectivity index (χ1n) is 10.2. The van der Waals surface area contributed by atoms with E-state index in [1.165, 1.54) is 6.92 Å². The fourth-order valence-corrected chi connectivity index (χ4v) is 5.89. The van der Waals surface area contributed by atoms with Gasteiger partial charge in [-0.3, -0.25) is 4.79 Å². The molecule has 0 bridgehead atoms. The fourth-order valence-electron chi connectivity index (χ4n) is 3.26. The van der Waals surface area contributed by atoms with E-state index in [2.05, 4.69) is 21.2 Å². The lowest BCUT2D eigenvalue weighted by Crippen LogP contribution is -2.39. The number of benzene rings is 2. The number of rotatable bonds is 8. The molecule has 1 amide bonds. The summed E-state index contributed by atoms with van der Waals surface area (Å²) in [6, 6.07) is 3.61. The van der Waals surface area contributed by atoms with E-state index in [4.69, 9.17) is 34.8 Å². The molecule has 0 aliphatic rings. The van der Waals surface area contributed by atoms with Gasteiger partial charge in [0.05, 0.1) is 26.4 Å². The molecule has 0 aromatic heterocycles. The maximum Gasteiger partial charge on any atom is 0.402 e. The Labute approximate surface area is 236 Å². The van der Waals surface area contributed by atoms with E-state index in [9.17, 15) is 43.9 Å². The van der Waals surface area contributed by atoms with Crippen molar-refractivity contribution in [2.24, 2.45) is 0 Å². The van der Waals surface area contributed by atoms with Crippen LogP contribution in [0.1, 0.15) is 34.3 Å². The maximum absolute atomic E-state index is 14.9. The number of carbonyl (C=O) groups excluding carboxylic acids is 1. The first-order chi connectivity index (χ1) is 17.2. The molecule has 0 radical (unpaired) electrons. The van der Waals surface area contributed by atoms with Crippen molar-refractivity contribution < 1.29 is 43.9 Å². The summed E-state index contributed by atoms with van der Waals surface area (Å²) in [4.78, 5) is 12.5. The van der Waals surface area contributed by atoms with Crippen molar-refractivity contribution in [3.8, 4) is 0 Å². The third-order valence-corrected chi connectivity index (χ3v) is 8.41. The third kappa shape index (κ3) is 9.29.